The number of nitrogens with one attached hydrogen (secondary N) is 1. The van der Waals surface area contributed by atoms with Crippen LogP contribution in [-0.2, 0) is 0 Å². The lowest BCUT2D eigenvalue weighted by molar-refractivity contribution is 0.300. The molecule has 0 radical (unpaired) electrons. The summed E-state index contributed by atoms with van der Waals surface area (Å²) in [5.74, 6) is -0.415. The lowest BCUT2D eigenvalue weighted by atomic mass is 10.1. The molecule has 0 unspecified atom stereocenters. The molecule has 3 rings (SSSR count). The van der Waals surface area contributed by atoms with Crippen LogP contribution < -0.4 is 11.2 Å². The molecule has 0 spiro atoms. The number of aromatic nitrogens is 2. The van der Waals surface area contributed by atoms with Gasteiger partial charge < -0.3 is 5.11 Å². The van der Waals surface area contributed by atoms with Crippen LogP contribution in [-0.4, -0.2) is 38.5 Å². The molecule has 1 aromatic carbocycles. The van der Waals surface area contributed by atoms with E-state index in [9.17, 15) is 14.7 Å². The molecule has 1 fully saturated rings. The third-order valence-corrected chi connectivity index (χ3v) is 4.89. The first-order valence-electron chi connectivity index (χ1n) is 9.18. The highest BCUT2D eigenvalue weighted by Crippen LogP contribution is 2.20. The van der Waals surface area contributed by atoms with E-state index in [4.69, 9.17) is 11.6 Å². The van der Waals surface area contributed by atoms with Gasteiger partial charge in [0, 0.05) is 18.1 Å². The Bertz CT molecular complexity index is 939. The van der Waals surface area contributed by atoms with Crippen molar-refractivity contribution in [2.45, 2.75) is 39.0 Å². The van der Waals surface area contributed by atoms with Crippen molar-refractivity contribution in [3.05, 3.63) is 55.7 Å². The standard InChI is InChI=1S/C19H23ClN4O3/c1-2-15(22-23-11-5-3-4-6-12-23)16-17(25)21-19(27)24(18(16)26)14-9-7-13(20)8-10-14/h7-10,26H,2-6,11-12H2,1H3,(H,21,25,27). The van der Waals surface area contributed by atoms with Gasteiger partial charge in [-0.25, -0.2) is 9.36 Å². The molecule has 1 aliphatic rings. The van der Waals surface area contributed by atoms with Crippen molar-refractivity contribution in [3.8, 4) is 11.6 Å². The van der Waals surface area contributed by atoms with Crippen LogP contribution in [0.4, 0.5) is 0 Å². The SMILES string of the molecule is CCC(=NN1CCCCCC1)c1c(O)n(-c2ccc(Cl)cc2)c(=O)[nH]c1=O. The van der Waals surface area contributed by atoms with E-state index in [1.165, 1.54) is 12.8 Å². The molecule has 2 N–H and O–H groups in total. The largest absolute Gasteiger partial charge is 0.493 e. The second-order valence-electron chi connectivity index (χ2n) is 6.54. The number of hydrogen-bond acceptors (Lipinski definition) is 5. The van der Waals surface area contributed by atoms with E-state index in [0.29, 0.717) is 22.8 Å². The molecule has 7 nitrogen and oxygen atoms in total. The summed E-state index contributed by atoms with van der Waals surface area (Å²) in [5.41, 5.74) is -0.466. The van der Waals surface area contributed by atoms with E-state index in [1.54, 1.807) is 24.3 Å². The molecule has 0 bridgehead atoms. The predicted octanol–water partition coefficient (Wildman–Crippen LogP) is 2.87. The molecule has 2 aromatic rings. The van der Waals surface area contributed by atoms with Crippen LogP contribution in [0.2, 0.25) is 5.02 Å². The molecular formula is C19H23ClN4O3. The van der Waals surface area contributed by atoms with Gasteiger partial charge in [-0.3, -0.25) is 14.8 Å². The van der Waals surface area contributed by atoms with Gasteiger partial charge in [0.25, 0.3) is 5.56 Å². The van der Waals surface area contributed by atoms with Gasteiger partial charge in [0.2, 0.25) is 5.88 Å². The molecule has 0 saturated carbocycles. The minimum atomic E-state index is -0.714. The highest BCUT2D eigenvalue weighted by atomic mass is 35.5. The average molecular weight is 391 g/mol. The quantitative estimate of drug-likeness (QED) is 0.785. The first-order valence-corrected chi connectivity index (χ1v) is 9.56. The van der Waals surface area contributed by atoms with E-state index in [1.807, 2.05) is 11.9 Å². The number of rotatable bonds is 4. The van der Waals surface area contributed by atoms with Gasteiger partial charge in [-0.2, -0.15) is 5.10 Å². The average Bonchev–Trinajstić information content (AvgIpc) is 2.90. The Morgan fingerprint density at radius 3 is 2.37 bits per heavy atom. The van der Waals surface area contributed by atoms with Crippen molar-refractivity contribution in [2.24, 2.45) is 5.10 Å². The lowest BCUT2D eigenvalue weighted by Crippen LogP contribution is -2.34. The van der Waals surface area contributed by atoms with E-state index in [-0.39, 0.29) is 5.56 Å². The fourth-order valence-electron chi connectivity index (χ4n) is 3.24. The summed E-state index contributed by atoms with van der Waals surface area (Å²) in [4.78, 5) is 27.1. The van der Waals surface area contributed by atoms with E-state index >= 15 is 0 Å². The number of nitrogens with zero attached hydrogens (tertiary/aromatic N) is 3. The Morgan fingerprint density at radius 1 is 1.15 bits per heavy atom. The van der Waals surface area contributed by atoms with Gasteiger partial charge in [0.1, 0.15) is 5.56 Å². The summed E-state index contributed by atoms with van der Waals surface area (Å²) in [6.07, 6.45) is 4.88. The number of H-pyrrole nitrogens is 1. The van der Waals surface area contributed by atoms with Gasteiger partial charge in [-0.1, -0.05) is 31.4 Å². The summed E-state index contributed by atoms with van der Waals surface area (Å²) >= 11 is 5.90. The summed E-state index contributed by atoms with van der Waals surface area (Å²) in [5, 5.41) is 17.8. The summed E-state index contributed by atoms with van der Waals surface area (Å²) in [6.45, 7) is 3.51. The third-order valence-electron chi connectivity index (χ3n) is 4.64. The Labute approximate surface area is 161 Å². The van der Waals surface area contributed by atoms with Crippen LogP contribution in [0.1, 0.15) is 44.6 Å². The smallest absolute Gasteiger partial charge is 0.335 e. The van der Waals surface area contributed by atoms with Crippen LogP contribution in [0.25, 0.3) is 5.69 Å². The number of hydrazone groups is 1. The van der Waals surface area contributed by atoms with Crippen LogP contribution in [0.15, 0.2) is 39.0 Å². The third kappa shape index (κ3) is 4.24. The minimum absolute atomic E-state index is 0.0243. The van der Waals surface area contributed by atoms with Crippen LogP contribution in [0, 0.1) is 0 Å². The van der Waals surface area contributed by atoms with Gasteiger partial charge in [0.05, 0.1) is 11.4 Å². The highest BCUT2D eigenvalue weighted by molar-refractivity contribution is 6.30. The minimum Gasteiger partial charge on any atom is -0.493 e. The number of benzene rings is 1. The Kier molecular flexibility index (Phi) is 6.01. The molecule has 1 saturated heterocycles. The molecule has 27 heavy (non-hydrogen) atoms. The topological polar surface area (TPSA) is 90.7 Å². The van der Waals surface area contributed by atoms with E-state index < -0.39 is 17.1 Å². The van der Waals surface area contributed by atoms with Crippen molar-refractivity contribution in [2.75, 3.05) is 13.1 Å². The van der Waals surface area contributed by atoms with Gasteiger partial charge >= 0.3 is 5.69 Å². The fraction of sp³-hybridized carbons (Fsp3) is 0.421. The van der Waals surface area contributed by atoms with Crippen LogP contribution >= 0.6 is 11.6 Å². The molecule has 8 heteroatoms. The number of hydrogen-bond donors (Lipinski definition) is 2. The monoisotopic (exact) mass is 390 g/mol. The van der Waals surface area contributed by atoms with Crippen molar-refractivity contribution in [1.29, 1.82) is 0 Å². The summed E-state index contributed by atoms with van der Waals surface area (Å²) < 4.78 is 1.06. The van der Waals surface area contributed by atoms with Gasteiger partial charge in [0.15, 0.2) is 0 Å². The maximum Gasteiger partial charge on any atom is 0.335 e. The van der Waals surface area contributed by atoms with E-state index in [0.717, 1.165) is 30.5 Å². The molecule has 1 aromatic heterocycles. The molecule has 0 aliphatic carbocycles. The van der Waals surface area contributed by atoms with Gasteiger partial charge in [-0.05, 0) is 43.5 Å². The van der Waals surface area contributed by atoms with E-state index in [2.05, 4.69) is 10.1 Å². The van der Waals surface area contributed by atoms with Crippen LogP contribution in [0.3, 0.4) is 0 Å². The second kappa shape index (κ2) is 8.43. The molecule has 1 aliphatic heterocycles. The Hall–Kier alpha value is -2.54. The first-order chi connectivity index (χ1) is 13.0. The Balaban J connectivity index is 2.11. The Morgan fingerprint density at radius 2 is 1.78 bits per heavy atom. The number of aromatic amines is 1. The zero-order valence-electron chi connectivity index (χ0n) is 15.2. The van der Waals surface area contributed by atoms with Crippen molar-refractivity contribution in [1.82, 2.24) is 14.6 Å². The maximum atomic E-state index is 12.5. The second-order valence-corrected chi connectivity index (χ2v) is 6.97. The molecule has 2 heterocycles. The number of halogens is 1. The fourth-order valence-corrected chi connectivity index (χ4v) is 3.36. The predicted molar refractivity (Wildman–Crippen MR) is 106 cm³/mol. The van der Waals surface area contributed by atoms with Crippen molar-refractivity contribution < 1.29 is 5.11 Å². The van der Waals surface area contributed by atoms with Crippen LogP contribution in [0.5, 0.6) is 5.88 Å². The summed E-state index contributed by atoms with van der Waals surface area (Å²) in [6, 6.07) is 6.42. The maximum absolute atomic E-state index is 12.5. The molecule has 0 atom stereocenters. The van der Waals surface area contributed by atoms with Crippen molar-refractivity contribution >= 4 is 17.3 Å². The zero-order chi connectivity index (χ0) is 19.4. The van der Waals surface area contributed by atoms with Gasteiger partial charge in [-0.15, -0.1) is 0 Å². The number of aromatic hydroxyl groups is 1. The zero-order valence-corrected chi connectivity index (χ0v) is 16.0. The molecule has 144 valence electrons. The molecule has 0 amide bonds. The normalized spacial score (nSPS) is 15.6. The molecular weight excluding hydrogens is 368 g/mol. The highest BCUT2D eigenvalue weighted by Gasteiger charge is 2.20. The summed E-state index contributed by atoms with van der Waals surface area (Å²) in [7, 11) is 0. The van der Waals surface area contributed by atoms with Crippen molar-refractivity contribution in [3.63, 3.8) is 0 Å². The first kappa shape index (κ1) is 19.2. The lowest BCUT2D eigenvalue weighted by Gasteiger charge is -2.19.